The number of nitrogens with zero attached hydrogens (tertiary/aromatic N) is 1. The summed E-state index contributed by atoms with van der Waals surface area (Å²) >= 11 is 0. The summed E-state index contributed by atoms with van der Waals surface area (Å²) in [5.74, 6) is 0.514. The van der Waals surface area contributed by atoms with Crippen molar-refractivity contribution in [3.05, 3.63) is 12.2 Å². The molecule has 3 heteroatoms. The Balaban J connectivity index is 1.89. The van der Waals surface area contributed by atoms with E-state index in [2.05, 4.69) is 28.7 Å². The van der Waals surface area contributed by atoms with Gasteiger partial charge in [0.05, 0.1) is 18.8 Å². The van der Waals surface area contributed by atoms with Crippen molar-refractivity contribution in [2.24, 2.45) is 10.9 Å². The Morgan fingerprint density at radius 3 is 3.50 bits per heavy atom. The third-order valence-corrected chi connectivity index (χ3v) is 2.89. The third-order valence-electron chi connectivity index (χ3n) is 2.89. The van der Waals surface area contributed by atoms with Gasteiger partial charge < -0.3 is 10.1 Å². The highest BCUT2D eigenvalue weighted by molar-refractivity contribution is 5.66. The molecule has 0 bridgehead atoms. The van der Waals surface area contributed by atoms with Crippen LogP contribution in [0.2, 0.25) is 0 Å². The molecule has 0 radical (unpaired) electrons. The predicted octanol–water partition coefficient (Wildman–Crippen LogP) is -0.0176. The first-order valence-corrected chi connectivity index (χ1v) is 4.50. The van der Waals surface area contributed by atoms with Crippen LogP contribution in [0.15, 0.2) is 17.1 Å². The van der Waals surface area contributed by atoms with Crippen LogP contribution in [0, 0.1) is 5.92 Å². The lowest BCUT2D eigenvalue weighted by molar-refractivity contribution is 0.0693. The highest BCUT2D eigenvalue weighted by Crippen LogP contribution is 2.31. The smallest absolute Gasteiger partial charge is 0.0921 e. The molecule has 0 amide bonds. The van der Waals surface area contributed by atoms with Crippen LogP contribution in [0.1, 0.15) is 0 Å². The van der Waals surface area contributed by atoms with Gasteiger partial charge in [-0.05, 0) is 0 Å². The van der Waals surface area contributed by atoms with Crippen molar-refractivity contribution in [2.45, 2.75) is 18.2 Å². The minimum absolute atomic E-state index is 0.292. The fraction of sp³-hybridized carbons (Fsp3) is 0.667. The first kappa shape index (κ1) is 6.80. The molecule has 3 rings (SSSR count). The van der Waals surface area contributed by atoms with Crippen molar-refractivity contribution in [1.82, 2.24) is 5.32 Å². The van der Waals surface area contributed by atoms with Crippen molar-refractivity contribution in [2.75, 3.05) is 13.1 Å². The molecule has 0 aromatic carbocycles. The fourth-order valence-corrected chi connectivity index (χ4v) is 2.29. The molecule has 3 aliphatic heterocycles. The maximum atomic E-state index is 5.81. The summed E-state index contributed by atoms with van der Waals surface area (Å²) in [5, 5.41) is 3.45. The van der Waals surface area contributed by atoms with Crippen LogP contribution in [0.4, 0.5) is 0 Å². The van der Waals surface area contributed by atoms with Gasteiger partial charge in [0.1, 0.15) is 0 Å². The first-order chi connectivity index (χ1) is 5.95. The Kier molecular flexibility index (Phi) is 1.36. The molecule has 12 heavy (non-hydrogen) atoms. The van der Waals surface area contributed by atoms with Crippen molar-refractivity contribution in [3.63, 3.8) is 0 Å². The average Bonchev–Trinajstić information content (AvgIpc) is 2.62. The van der Waals surface area contributed by atoms with E-state index in [-0.39, 0.29) is 0 Å². The van der Waals surface area contributed by atoms with Crippen LogP contribution in [-0.4, -0.2) is 37.6 Å². The van der Waals surface area contributed by atoms with E-state index in [4.69, 9.17) is 4.74 Å². The maximum absolute atomic E-state index is 5.81. The van der Waals surface area contributed by atoms with Crippen LogP contribution >= 0.6 is 0 Å². The summed E-state index contributed by atoms with van der Waals surface area (Å²) in [4.78, 5) is 4.24. The van der Waals surface area contributed by atoms with Gasteiger partial charge in [0, 0.05) is 24.7 Å². The Morgan fingerprint density at radius 2 is 2.50 bits per heavy atom. The molecule has 64 valence electrons. The van der Waals surface area contributed by atoms with E-state index in [0.29, 0.717) is 24.2 Å². The third kappa shape index (κ3) is 0.807. The van der Waals surface area contributed by atoms with Crippen molar-refractivity contribution in [1.29, 1.82) is 0 Å². The zero-order valence-electron chi connectivity index (χ0n) is 6.81. The number of hydrogen-bond donors (Lipinski definition) is 1. The molecule has 4 atom stereocenters. The lowest BCUT2D eigenvalue weighted by Crippen LogP contribution is -2.43. The van der Waals surface area contributed by atoms with Gasteiger partial charge in [0.2, 0.25) is 0 Å². The summed E-state index contributed by atoms with van der Waals surface area (Å²) in [7, 11) is 0. The Bertz CT molecular complexity index is 249. The van der Waals surface area contributed by atoms with Crippen LogP contribution in [0.3, 0.4) is 0 Å². The van der Waals surface area contributed by atoms with Gasteiger partial charge in [-0.25, -0.2) is 0 Å². The van der Waals surface area contributed by atoms with E-state index in [0.717, 1.165) is 13.1 Å². The largest absolute Gasteiger partial charge is 0.367 e. The van der Waals surface area contributed by atoms with Gasteiger partial charge in [-0.3, -0.25) is 4.99 Å². The standard InChI is InChI=1S/C9H12N2O/c1-2-7-9(11-3-1)6-4-10-5-8(6)12-7/h1-2,4,6-9,11H,3,5H2. The first-order valence-electron chi connectivity index (χ1n) is 4.50. The van der Waals surface area contributed by atoms with E-state index in [1.165, 1.54) is 0 Å². The van der Waals surface area contributed by atoms with Crippen LogP contribution < -0.4 is 5.32 Å². The Labute approximate surface area is 71.5 Å². The minimum atomic E-state index is 0.292. The molecular formula is C9H12N2O. The summed E-state index contributed by atoms with van der Waals surface area (Å²) < 4.78 is 5.81. The number of nitrogens with one attached hydrogen (secondary N) is 1. The quantitative estimate of drug-likeness (QED) is 0.511. The molecule has 1 fully saturated rings. The van der Waals surface area contributed by atoms with Gasteiger partial charge in [0.25, 0.3) is 0 Å². The zero-order chi connectivity index (χ0) is 7.97. The lowest BCUT2D eigenvalue weighted by Gasteiger charge is -2.22. The SMILES string of the molecule is C1=CC2OC3CN=CC3C2NC1. The monoisotopic (exact) mass is 164 g/mol. The van der Waals surface area contributed by atoms with E-state index < -0.39 is 0 Å². The molecule has 1 N–H and O–H groups in total. The van der Waals surface area contributed by atoms with E-state index in [1.807, 2.05) is 0 Å². The molecule has 0 saturated carbocycles. The molecule has 0 spiro atoms. The van der Waals surface area contributed by atoms with Crippen molar-refractivity contribution >= 4 is 6.21 Å². The molecule has 3 aliphatic rings. The number of fused-ring (bicyclic) bond motifs is 3. The highest BCUT2D eigenvalue weighted by atomic mass is 16.5. The van der Waals surface area contributed by atoms with E-state index >= 15 is 0 Å². The second kappa shape index (κ2) is 2.41. The molecular weight excluding hydrogens is 152 g/mol. The van der Waals surface area contributed by atoms with Gasteiger partial charge in [0.15, 0.2) is 0 Å². The average molecular weight is 164 g/mol. The molecule has 0 aromatic heterocycles. The minimum Gasteiger partial charge on any atom is -0.367 e. The molecule has 3 heterocycles. The van der Waals surface area contributed by atoms with E-state index in [9.17, 15) is 0 Å². The highest BCUT2D eigenvalue weighted by Gasteiger charge is 2.44. The molecule has 3 nitrogen and oxygen atoms in total. The number of ether oxygens (including phenoxy) is 1. The second-order valence-electron chi connectivity index (χ2n) is 3.59. The molecule has 0 aliphatic carbocycles. The maximum Gasteiger partial charge on any atom is 0.0921 e. The predicted molar refractivity (Wildman–Crippen MR) is 46.4 cm³/mol. The van der Waals surface area contributed by atoms with Gasteiger partial charge in [-0.2, -0.15) is 0 Å². The number of hydrogen-bond acceptors (Lipinski definition) is 3. The number of aliphatic imine (C=N–C) groups is 1. The summed E-state index contributed by atoms with van der Waals surface area (Å²) in [6.45, 7) is 1.83. The van der Waals surface area contributed by atoms with Gasteiger partial charge >= 0.3 is 0 Å². The topological polar surface area (TPSA) is 33.6 Å². The summed E-state index contributed by atoms with van der Waals surface area (Å²) in [6, 6.07) is 0.478. The summed E-state index contributed by atoms with van der Waals surface area (Å²) in [5.41, 5.74) is 0. The van der Waals surface area contributed by atoms with Gasteiger partial charge in [-0.1, -0.05) is 12.2 Å². The molecule has 4 unspecified atom stereocenters. The Hall–Kier alpha value is -0.670. The van der Waals surface area contributed by atoms with Crippen molar-refractivity contribution in [3.8, 4) is 0 Å². The van der Waals surface area contributed by atoms with Crippen LogP contribution in [0.25, 0.3) is 0 Å². The normalized spacial score (nSPS) is 49.3. The lowest BCUT2D eigenvalue weighted by atomic mass is 9.95. The number of rotatable bonds is 0. The second-order valence-corrected chi connectivity index (χ2v) is 3.59. The van der Waals surface area contributed by atoms with Crippen LogP contribution in [0.5, 0.6) is 0 Å². The zero-order valence-corrected chi connectivity index (χ0v) is 6.81. The fourth-order valence-electron chi connectivity index (χ4n) is 2.29. The molecule has 0 aromatic rings. The Morgan fingerprint density at radius 1 is 1.50 bits per heavy atom. The molecule has 1 saturated heterocycles. The van der Waals surface area contributed by atoms with Crippen molar-refractivity contribution < 1.29 is 4.74 Å². The van der Waals surface area contributed by atoms with Gasteiger partial charge in [-0.15, -0.1) is 0 Å². The van der Waals surface area contributed by atoms with Crippen LogP contribution in [-0.2, 0) is 4.74 Å². The van der Waals surface area contributed by atoms with E-state index in [1.54, 1.807) is 0 Å². The summed E-state index contributed by atoms with van der Waals surface area (Å²) in [6.07, 6.45) is 7.00.